The average Bonchev–Trinajstić information content (AvgIpc) is 3.08. The zero-order valence-electron chi connectivity index (χ0n) is 14.2. The monoisotopic (exact) mass is 359 g/mol. The Morgan fingerprint density at radius 2 is 2.04 bits per heavy atom. The molecule has 2 aromatic rings. The Bertz CT molecular complexity index is 801. The fraction of sp³-hybridized carbons (Fsp3) is 0.368. The summed E-state index contributed by atoms with van der Waals surface area (Å²) in [5.41, 5.74) is 1.26. The minimum atomic E-state index is -0.385. The number of aromatic nitrogens is 1. The summed E-state index contributed by atoms with van der Waals surface area (Å²) in [5.74, 6) is -0.327. The van der Waals surface area contributed by atoms with Crippen molar-refractivity contribution >= 4 is 17.5 Å². The molecule has 0 saturated carbocycles. The van der Waals surface area contributed by atoms with E-state index in [4.69, 9.17) is 11.6 Å². The number of nitrogens with one attached hydrogen (secondary N) is 2. The maximum atomic E-state index is 12.3. The number of hydrogen-bond acceptors (Lipinski definition) is 3. The molecule has 1 aliphatic rings. The summed E-state index contributed by atoms with van der Waals surface area (Å²) in [6, 6.07) is 10.9. The van der Waals surface area contributed by atoms with Crippen molar-refractivity contribution < 1.29 is 4.79 Å². The molecule has 1 aliphatic heterocycles. The molecule has 1 aromatic carbocycles. The van der Waals surface area contributed by atoms with Gasteiger partial charge in [-0.05, 0) is 55.8 Å². The van der Waals surface area contributed by atoms with E-state index in [1.807, 2.05) is 12.1 Å². The number of aromatic amines is 1. The molecule has 2 N–H and O–H groups in total. The SMILES string of the molecule is CCN1CCCC1CNC(=O)c1ccc(-c2ccc(Cl)cc2)[nH]c1=O. The molecule has 1 amide bonds. The summed E-state index contributed by atoms with van der Waals surface area (Å²) in [6.07, 6.45) is 2.24. The van der Waals surface area contributed by atoms with E-state index in [2.05, 4.69) is 22.1 Å². The second-order valence-electron chi connectivity index (χ2n) is 6.26. The van der Waals surface area contributed by atoms with E-state index in [1.165, 1.54) is 0 Å². The Morgan fingerprint density at radius 1 is 1.28 bits per heavy atom. The first-order chi connectivity index (χ1) is 12.1. The zero-order valence-corrected chi connectivity index (χ0v) is 15.0. The van der Waals surface area contributed by atoms with Crippen LogP contribution in [0.3, 0.4) is 0 Å². The number of benzene rings is 1. The van der Waals surface area contributed by atoms with Crippen LogP contribution in [0.15, 0.2) is 41.2 Å². The largest absolute Gasteiger partial charge is 0.350 e. The molecule has 1 atom stereocenters. The van der Waals surface area contributed by atoms with Crippen molar-refractivity contribution in [2.24, 2.45) is 0 Å². The van der Waals surface area contributed by atoms with Gasteiger partial charge in [0, 0.05) is 23.3 Å². The van der Waals surface area contributed by atoms with Crippen LogP contribution in [0.4, 0.5) is 0 Å². The number of likely N-dealkylation sites (N-methyl/N-ethyl adjacent to an activating group) is 1. The lowest BCUT2D eigenvalue weighted by Crippen LogP contribution is -2.41. The normalized spacial score (nSPS) is 17.6. The first-order valence-electron chi connectivity index (χ1n) is 8.60. The van der Waals surface area contributed by atoms with Gasteiger partial charge in [-0.3, -0.25) is 14.5 Å². The van der Waals surface area contributed by atoms with Crippen molar-refractivity contribution in [2.45, 2.75) is 25.8 Å². The first kappa shape index (κ1) is 17.7. The molecule has 1 saturated heterocycles. The van der Waals surface area contributed by atoms with Gasteiger partial charge in [0.25, 0.3) is 11.5 Å². The van der Waals surface area contributed by atoms with Crippen molar-refractivity contribution in [2.75, 3.05) is 19.6 Å². The van der Waals surface area contributed by atoms with Crippen LogP contribution in [0.25, 0.3) is 11.3 Å². The molecule has 6 heteroatoms. The molecular formula is C19H22ClN3O2. The summed E-state index contributed by atoms with van der Waals surface area (Å²) in [7, 11) is 0. The van der Waals surface area contributed by atoms with Gasteiger partial charge in [0.15, 0.2) is 0 Å². The molecule has 1 unspecified atom stereocenters. The molecule has 1 fully saturated rings. The summed E-state index contributed by atoms with van der Waals surface area (Å²) in [5, 5.41) is 3.53. The van der Waals surface area contributed by atoms with E-state index >= 15 is 0 Å². The van der Waals surface area contributed by atoms with E-state index in [1.54, 1.807) is 24.3 Å². The van der Waals surface area contributed by atoms with Gasteiger partial charge in [-0.15, -0.1) is 0 Å². The number of carbonyl (C=O) groups is 1. The lowest BCUT2D eigenvalue weighted by atomic mass is 10.1. The summed E-state index contributed by atoms with van der Waals surface area (Å²) in [6.45, 7) is 4.76. The van der Waals surface area contributed by atoms with Crippen molar-refractivity contribution in [3.63, 3.8) is 0 Å². The number of H-pyrrole nitrogens is 1. The fourth-order valence-corrected chi connectivity index (χ4v) is 3.42. The van der Waals surface area contributed by atoms with Crippen molar-refractivity contribution in [3.05, 3.63) is 57.3 Å². The second kappa shape index (κ2) is 7.85. The van der Waals surface area contributed by atoms with Gasteiger partial charge in [0.2, 0.25) is 0 Å². The number of carbonyl (C=O) groups excluding carboxylic acids is 1. The van der Waals surface area contributed by atoms with Gasteiger partial charge >= 0.3 is 0 Å². The third kappa shape index (κ3) is 4.11. The molecule has 25 heavy (non-hydrogen) atoms. The highest BCUT2D eigenvalue weighted by Gasteiger charge is 2.23. The van der Waals surface area contributed by atoms with Crippen LogP contribution in [-0.4, -0.2) is 41.5 Å². The summed E-state index contributed by atoms with van der Waals surface area (Å²) < 4.78 is 0. The van der Waals surface area contributed by atoms with Crippen LogP contribution in [0.5, 0.6) is 0 Å². The Balaban J connectivity index is 1.69. The Hall–Kier alpha value is -2.11. The van der Waals surface area contributed by atoms with E-state index in [9.17, 15) is 9.59 Å². The van der Waals surface area contributed by atoms with E-state index in [-0.39, 0.29) is 17.0 Å². The van der Waals surface area contributed by atoms with Gasteiger partial charge in [-0.25, -0.2) is 0 Å². The molecule has 0 bridgehead atoms. The minimum Gasteiger partial charge on any atom is -0.350 e. The molecule has 2 heterocycles. The molecule has 0 aliphatic carbocycles. The number of nitrogens with zero attached hydrogens (tertiary/aromatic N) is 1. The molecule has 132 valence electrons. The number of pyridine rings is 1. The Morgan fingerprint density at radius 3 is 2.72 bits per heavy atom. The third-order valence-corrected chi connectivity index (χ3v) is 4.96. The van der Waals surface area contributed by atoms with Crippen LogP contribution < -0.4 is 10.9 Å². The maximum Gasteiger partial charge on any atom is 0.261 e. The third-order valence-electron chi connectivity index (χ3n) is 4.71. The van der Waals surface area contributed by atoms with Crippen LogP contribution in [-0.2, 0) is 0 Å². The minimum absolute atomic E-state index is 0.138. The van der Waals surface area contributed by atoms with Crippen molar-refractivity contribution in [1.29, 1.82) is 0 Å². The van der Waals surface area contributed by atoms with E-state index < -0.39 is 0 Å². The van der Waals surface area contributed by atoms with Gasteiger partial charge in [-0.2, -0.15) is 0 Å². The van der Waals surface area contributed by atoms with Gasteiger partial charge < -0.3 is 10.3 Å². The molecule has 0 spiro atoms. The smallest absolute Gasteiger partial charge is 0.261 e. The maximum absolute atomic E-state index is 12.3. The molecule has 0 radical (unpaired) electrons. The highest BCUT2D eigenvalue weighted by Crippen LogP contribution is 2.19. The van der Waals surface area contributed by atoms with Crippen LogP contribution in [0.2, 0.25) is 5.02 Å². The number of halogens is 1. The Kier molecular flexibility index (Phi) is 5.56. The lowest BCUT2D eigenvalue weighted by molar-refractivity contribution is 0.0940. The number of hydrogen-bond donors (Lipinski definition) is 2. The van der Waals surface area contributed by atoms with Gasteiger partial charge in [0.1, 0.15) is 5.56 Å². The van der Waals surface area contributed by atoms with Crippen LogP contribution in [0, 0.1) is 0 Å². The van der Waals surface area contributed by atoms with Crippen molar-refractivity contribution in [3.8, 4) is 11.3 Å². The molecule has 5 nitrogen and oxygen atoms in total. The Labute approximate surface area is 152 Å². The van der Waals surface area contributed by atoms with Gasteiger partial charge in [-0.1, -0.05) is 30.7 Å². The topological polar surface area (TPSA) is 65.2 Å². The highest BCUT2D eigenvalue weighted by atomic mass is 35.5. The fourth-order valence-electron chi connectivity index (χ4n) is 3.30. The highest BCUT2D eigenvalue weighted by molar-refractivity contribution is 6.30. The summed E-state index contributed by atoms with van der Waals surface area (Å²) >= 11 is 5.88. The molecule has 1 aromatic heterocycles. The lowest BCUT2D eigenvalue weighted by Gasteiger charge is -2.22. The number of rotatable bonds is 5. The first-order valence-corrected chi connectivity index (χ1v) is 8.98. The average molecular weight is 360 g/mol. The molecule has 3 rings (SSSR count). The number of amides is 1. The predicted molar refractivity (Wildman–Crippen MR) is 100 cm³/mol. The van der Waals surface area contributed by atoms with Gasteiger partial charge in [0.05, 0.1) is 0 Å². The standard InChI is InChI=1S/C19H22ClN3O2/c1-2-23-11-3-4-15(23)12-21-18(24)16-9-10-17(22-19(16)25)13-5-7-14(20)8-6-13/h5-10,15H,2-4,11-12H2,1H3,(H,21,24)(H,22,25). The van der Waals surface area contributed by atoms with Crippen LogP contribution in [0.1, 0.15) is 30.1 Å². The summed E-state index contributed by atoms with van der Waals surface area (Å²) in [4.78, 5) is 29.8. The van der Waals surface area contributed by atoms with E-state index in [0.29, 0.717) is 23.3 Å². The second-order valence-corrected chi connectivity index (χ2v) is 6.69. The molecular weight excluding hydrogens is 338 g/mol. The zero-order chi connectivity index (χ0) is 17.8. The van der Waals surface area contributed by atoms with Crippen molar-refractivity contribution in [1.82, 2.24) is 15.2 Å². The number of likely N-dealkylation sites (tertiary alicyclic amines) is 1. The van der Waals surface area contributed by atoms with E-state index in [0.717, 1.165) is 31.5 Å². The quantitative estimate of drug-likeness (QED) is 0.862. The predicted octanol–water partition coefficient (Wildman–Crippen LogP) is 2.91. The van der Waals surface area contributed by atoms with Crippen LogP contribution >= 0.6 is 11.6 Å².